The summed E-state index contributed by atoms with van der Waals surface area (Å²) in [5.74, 6) is 0. The lowest BCUT2D eigenvalue weighted by Gasteiger charge is -2.28. The van der Waals surface area contributed by atoms with Gasteiger partial charge in [0.05, 0.1) is 4.92 Å². The van der Waals surface area contributed by atoms with Crippen molar-refractivity contribution in [2.24, 2.45) is 0 Å². The summed E-state index contributed by atoms with van der Waals surface area (Å²) in [5, 5.41) is 11.3. The minimum atomic E-state index is -0.392. The van der Waals surface area contributed by atoms with Crippen LogP contribution in [0.1, 0.15) is 11.1 Å². The average Bonchev–Trinajstić information content (AvgIpc) is 2.48. The maximum Gasteiger partial charge on any atom is 0.293 e. The Bertz CT molecular complexity index is 698. The fraction of sp³-hybridized carbons (Fsp3) is 0.250. The number of nitrogens with two attached hydrogens (primary N) is 1. The van der Waals surface area contributed by atoms with E-state index in [1.165, 1.54) is 0 Å². The van der Waals surface area contributed by atoms with Crippen LogP contribution in [0.3, 0.4) is 0 Å². The van der Waals surface area contributed by atoms with E-state index in [2.05, 4.69) is 4.90 Å². The number of rotatable bonds is 2. The van der Waals surface area contributed by atoms with Gasteiger partial charge >= 0.3 is 0 Å². The molecule has 5 nitrogen and oxygen atoms in total. The van der Waals surface area contributed by atoms with Crippen LogP contribution >= 0.6 is 0 Å². The summed E-state index contributed by atoms with van der Waals surface area (Å²) in [6, 6.07) is 11.4. The number of benzene rings is 2. The highest BCUT2D eigenvalue weighted by molar-refractivity contribution is 5.79. The minimum absolute atomic E-state index is 0.00269. The van der Waals surface area contributed by atoms with Crippen molar-refractivity contribution in [2.45, 2.75) is 13.0 Å². The van der Waals surface area contributed by atoms with Crippen LogP contribution in [0.25, 0.3) is 11.1 Å². The van der Waals surface area contributed by atoms with Gasteiger partial charge in [0.25, 0.3) is 5.69 Å². The fourth-order valence-corrected chi connectivity index (χ4v) is 2.93. The van der Waals surface area contributed by atoms with Crippen LogP contribution in [0, 0.1) is 10.1 Å². The van der Waals surface area contributed by atoms with Gasteiger partial charge in [0.1, 0.15) is 5.69 Å². The van der Waals surface area contributed by atoms with E-state index < -0.39 is 4.92 Å². The van der Waals surface area contributed by atoms with Crippen LogP contribution in [0.4, 0.5) is 11.4 Å². The molecule has 1 heterocycles. The molecule has 108 valence electrons. The maximum absolute atomic E-state index is 11.3. The van der Waals surface area contributed by atoms with Crippen molar-refractivity contribution in [1.82, 2.24) is 4.90 Å². The number of nitrogens with zero attached hydrogens (tertiary/aromatic N) is 2. The Morgan fingerprint density at radius 2 is 1.95 bits per heavy atom. The maximum atomic E-state index is 11.3. The molecule has 0 spiro atoms. The van der Waals surface area contributed by atoms with Crippen LogP contribution in [0.15, 0.2) is 36.4 Å². The van der Waals surface area contributed by atoms with E-state index in [4.69, 9.17) is 5.73 Å². The molecule has 2 aromatic rings. The molecule has 0 atom stereocenters. The number of nitro groups is 1. The van der Waals surface area contributed by atoms with Crippen LogP contribution < -0.4 is 5.73 Å². The summed E-state index contributed by atoms with van der Waals surface area (Å²) < 4.78 is 0. The zero-order chi connectivity index (χ0) is 15.0. The van der Waals surface area contributed by atoms with Crippen molar-refractivity contribution in [3.05, 3.63) is 57.6 Å². The van der Waals surface area contributed by atoms with Crippen molar-refractivity contribution in [3.63, 3.8) is 0 Å². The highest BCUT2D eigenvalue weighted by Crippen LogP contribution is 2.39. The SMILES string of the molecule is CN1CCc2c(-c3ccccc3)cc([N+](=O)[O-])c(N)c2C1. The molecule has 0 saturated carbocycles. The zero-order valence-corrected chi connectivity index (χ0v) is 11.9. The molecule has 21 heavy (non-hydrogen) atoms. The van der Waals surface area contributed by atoms with Crippen molar-refractivity contribution in [2.75, 3.05) is 19.3 Å². The smallest absolute Gasteiger partial charge is 0.293 e. The Morgan fingerprint density at radius 1 is 1.24 bits per heavy atom. The number of nitrogen functional groups attached to an aromatic ring is 1. The van der Waals surface area contributed by atoms with Gasteiger partial charge in [-0.2, -0.15) is 0 Å². The lowest BCUT2D eigenvalue weighted by Crippen LogP contribution is -2.28. The summed E-state index contributed by atoms with van der Waals surface area (Å²) >= 11 is 0. The molecule has 2 N–H and O–H groups in total. The summed E-state index contributed by atoms with van der Waals surface area (Å²) in [7, 11) is 2.00. The molecule has 2 aromatic carbocycles. The van der Waals surface area contributed by atoms with Gasteiger partial charge in [-0.3, -0.25) is 10.1 Å². The standard InChI is InChI=1S/C16H17N3O2/c1-18-8-7-12-13(11-5-3-2-4-6-11)9-15(19(20)21)16(17)14(12)10-18/h2-6,9H,7-8,10,17H2,1H3. The van der Waals surface area contributed by atoms with Crippen LogP contribution in [0.2, 0.25) is 0 Å². The Morgan fingerprint density at radius 3 is 2.62 bits per heavy atom. The monoisotopic (exact) mass is 283 g/mol. The van der Waals surface area contributed by atoms with Gasteiger partial charge in [0.15, 0.2) is 0 Å². The van der Waals surface area contributed by atoms with E-state index in [0.29, 0.717) is 12.2 Å². The van der Waals surface area contributed by atoms with Crippen molar-refractivity contribution in [1.29, 1.82) is 0 Å². The fourth-order valence-electron chi connectivity index (χ4n) is 2.93. The Hall–Kier alpha value is -2.40. The first-order chi connectivity index (χ1) is 10.1. The largest absolute Gasteiger partial charge is 0.393 e. The summed E-state index contributed by atoms with van der Waals surface area (Å²) in [6.45, 7) is 1.59. The zero-order valence-electron chi connectivity index (χ0n) is 11.9. The van der Waals surface area contributed by atoms with Gasteiger partial charge in [0.2, 0.25) is 0 Å². The molecule has 5 heteroatoms. The summed E-state index contributed by atoms with van der Waals surface area (Å²) in [5.41, 5.74) is 10.3. The highest BCUT2D eigenvalue weighted by Gasteiger charge is 2.26. The lowest BCUT2D eigenvalue weighted by atomic mass is 9.89. The summed E-state index contributed by atoms with van der Waals surface area (Å²) in [4.78, 5) is 13.0. The lowest BCUT2D eigenvalue weighted by molar-refractivity contribution is -0.383. The van der Waals surface area contributed by atoms with Gasteiger partial charge in [-0.25, -0.2) is 0 Å². The first kappa shape index (κ1) is 13.6. The molecule has 0 amide bonds. The van der Waals surface area contributed by atoms with Gasteiger partial charge in [-0.1, -0.05) is 30.3 Å². The third-order valence-electron chi connectivity index (χ3n) is 4.02. The van der Waals surface area contributed by atoms with Gasteiger partial charge in [-0.15, -0.1) is 0 Å². The van der Waals surface area contributed by atoms with E-state index in [1.807, 2.05) is 37.4 Å². The first-order valence-electron chi connectivity index (χ1n) is 6.90. The van der Waals surface area contributed by atoms with Gasteiger partial charge in [0, 0.05) is 19.2 Å². The Kier molecular flexibility index (Phi) is 3.35. The van der Waals surface area contributed by atoms with E-state index in [9.17, 15) is 10.1 Å². The topological polar surface area (TPSA) is 72.4 Å². The average molecular weight is 283 g/mol. The molecular weight excluding hydrogens is 266 g/mol. The predicted octanol–water partition coefficient (Wildman–Crippen LogP) is 2.83. The number of fused-ring (bicyclic) bond motifs is 1. The third kappa shape index (κ3) is 2.36. The Labute approximate surface area is 123 Å². The Balaban J connectivity index is 2.27. The normalized spacial score (nSPS) is 14.7. The van der Waals surface area contributed by atoms with E-state index >= 15 is 0 Å². The van der Waals surface area contributed by atoms with Gasteiger partial charge < -0.3 is 10.6 Å². The predicted molar refractivity (Wildman–Crippen MR) is 83.0 cm³/mol. The van der Waals surface area contributed by atoms with Crippen LogP contribution in [-0.4, -0.2) is 23.4 Å². The number of anilines is 1. The molecule has 0 aliphatic carbocycles. The molecule has 1 aliphatic rings. The van der Waals surface area contributed by atoms with Crippen molar-refractivity contribution < 1.29 is 4.92 Å². The molecule has 1 aliphatic heterocycles. The third-order valence-corrected chi connectivity index (χ3v) is 4.02. The first-order valence-corrected chi connectivity index (χ1v) is 6.90. The second kappa shape index (κ2) is 5.18. The number of likely N-dealkylation sites (N-methyl/N-ethyl adjacent to an activating group) is 1. The second-order valence-corrected chi connectivity index (χ2v) is 5.42. The minimum Gasteiger partial charge on any atom is -0.393 e. The summed E-state index contributed by atoms with van der Waals surface area (Å²) in [6.07, 6.45) is 0.859. The van der Waals surface area contributed by atoms with Crippen LogP contribution in [0.5, 0.6) is 0 Å². The molecule has 3 rings (SSSR count). The van der Waals surface area contributed by atoms with Crippen molar-refractivity contribution >= 4 is 11.4 Å². The van der Waals surface area contributed by atoms with Gasteiger partial charge in [-0.05, 0) is 35.7 Å². The van der Waals surface area contributed by atoms with E-state index in [-0.39, 0.29) is 5.69 Å². The quantitative estimate of drug-likeness (QED) is 0.522. The molecule has 0 unspecified atom stereocenters. The second-order valence-electron chi connectivity index (χ2n) is 5.42. The highest BCUT2D eigenvalue weighted by atomic mass is 16.6. The molecule has 0 bridgehead atoms. The van der Waals surface area contributed by atoms with Crippen LogP contribution in [-0.2, 0) is 13.0 Å². The molecule has 0 radical (unpaired) electrons. The van der Waals surface area contributed by atoms with E-state index in [1.54, 1.807) is 6.07 Å². The molecular formula is C16H17N3O2. The molecule has 0 saturated heterocycles. The number of hydrogen-bond acceptors (Lipinski definition) is 4. The molecule has 0 aromatic heterocycles. The van der Waals surface area contributed by atoms with E-state index in [0.717, 1.165) is 35.2 Å². The number of hydrogen-bond donors (Lipinski definition) is 1. The van der Waals surface area contributed by atoms with Crippen molar-refractivity contribution in [3.8, 4) is 11.1 Å². The number of nitro benzene ring substituents is 1. The molecule has 0 fully saturated rings.